The van der Waals surface area contributed by atoms with Crippen LogP contribution in [0, 0.1) is 0 Å². The molecule has 290 valence electrons. The summed E-state index contributed by atoms with van der Waals surface area (Å²) in [5.41, 5.74) is 13.4. The smallest absolute Gasteiger partial charge is 0.116 e. The van der Waals surface area contributed by atoms with E-state index in [9.17, 15) is 0 Å². The van der Waals surface area contributed by atoms with Gasteiger partial charge in [-0.1, -0.05) is 178 Å². The van der Waals surface area contributed by atoms with E-state index < -0.39 is 0 Å². The van der Waals surface area contributed by atoms with Crippen molar-refractivity contribution >= 4 is 63.0 Å². The van der Waals surface area contributed by atoms with Crippen LogP contribution in [-0.2, 0) is 0 Å². The van der Waals surface area contributed by atoms with Crippen molar-refractivity contribution in [3.63, 3.8) is 0 Å². The van der Waals surface area contributed by atoms with Crippen LogP contribution in [0.4, 0.5) is 0 Å². The van der Waals surface area contributed by atoms with Gasteiger partial charge in [0.1, 0.15) is 6.33 Å². The van der Waals surface area contributed by atoms with Crippen molar-refractivity contribution in [2.75, 3.05) is 7.05 Å². The molecule has 5 heteroatoms. The zero-order valence-corrected chi connectivity index (χ0v) is 36.8. The minimum Gasteiger partial charge on any atom is -0.333 e. The van der Waals surface area contributed by atoms with Gasteiger partial charge in [-0.25, -0.2) is 9.97 Å². The van der Waals surface area contributed by atoms with Gasteiger partial charge in [0, 0.05) is 51.5 Å². The Morgan fingerprint density at radius 1 is 0.357 bits per heavy atom. The van der Waals surface area contributed by atoms with Gasteiger partial charge in [-0.3, -0.25) is 0 Å². The molecule has 56 heavy (non-hydrogen) atoms. The highest BCUT2D eigenvalue weighted by atomic mass is 32.1. The monoisotopic (exact) mass is 777 g/mol. The molecule has 9 rings (SSSR count). The van der Waals surface area contributed by atoms with Crippen LogP contribution in [0.25, 0.3) is 85.1 Å². The number of hydrogen-bond acceptors (Lipinski definition) is 5. The average Bonchev–Trinajstić information content (AvgIpc) is 3.89. The molecule has 0 spiro atoms. The Hall–Kier alpha value is -5.20. The fraction of sp³-hybridized carbons (Fsp3) is 0.216. The number of nitrogens with zero attached hydrogens (tertiary/aromatic N) is 2. The fourth-order valence-corrected chi connectivity index (χ4v) is 8.79. The van der Waals surface area contributed by atoms with Crippen molar-refractivity contribution in [3.05, 3.63) is 146 Å². The number of nitrogens with two attached hydrogens (primary N) is 1. The van der Waals surface area contributed by atoms with Crippen LogP contribution < -0.4 is 5.73 Å². The third-order valence-corrected chi connectivity index (χ3v) is 10.9. The predicted molar refractivity (Wildman–Crippen MR) is 256 cm³/mol. The quantitative estimate of drug-likeness (QED) is 0.194. The van der Waals surface area contributed by atoms with Crippen molar-refractivity contribution in [3.8, 4) is 44.8 Å². The maximum absolute atomic E-state index is 4.71. The molecule has 0 unspecified atom stereocenters. The molecule has 0 radical (unpaired) electrons. The summed E-state index contributed by atoms with van der Waals surface area (Å²) in [6.45, 7) is 20.0. The van der Waals surface area contributed by atoms with Gasteiger partial charge in [-0.2, -0.15) is 0 Å². The summed E-state index contributed by atoms with van der Waals surface area (Å²) in [4.78, 5) is 9.41. The minimum atomic E-state index is 0.914. The largest absolute Gasteiger partial charge is 0.333 e. The topological polar surface area (TPSA) is 51.8 Å². The van der Waals surface area contributed by atoms with E-state index in [2.05, 4.69) is 145 Å². The summed E-state index contributed by atoms with van der Waals surface area (Å²) in [5.74, 6) is 0. The second-order valence-corrected chi connectivity index (χ2v) is 13.1. The molecule has 0 saturated carbocycles. The molecule has 3 aromatic heterocycles. The van der Waals surface area contributed by atoms with Crippen molar-refractivity contribution in [1.29, 1.82) is 0 Å². The highest BCUT2D eigenvalue weighted by Crippen LogP contribution is 2.42. The molecule has 2 N–H and O–H groups in total. The van der Waals surface area contributed by atoms with Crippen LogP contribution >= 0.6 is 22.7 Å². The summed E-state index contributed by atoms with van der Waals surface area (Å²) in [5, 5.41) is 5.25. The second-order valence-electron chi connectivity index (χ2n) is 11.0. The van der Waals surface area contributed by atoms with Gasteiger partial charge < -0.3 is 5.73 Å². The van der Waals surface area contributed by atoms with Crippen LogP contribution in [-0.4, -0.2) is 17.0 Å². The Balaban J connectivity index is 0.000000644. The maximum atomic E-state index is 4.71. The maximum Gasteiger partial charge on any atom is 0.116 e. The van der Waals surface area contributed by atoms with Gasteiger partial charge in [-0.15, -0.1) is 22.7 Å². The number of benzene rings is 6. The summed E-state index contributed by atoms with van der Waals surface area (Å²) in [7, 11) is 1.50. The van der Waals surface area contributed by atoms with Crippen LogP contribution in [0.5, 0.6) is 0 Å². The molecule has 3 heterocycles. The molecular formula is C51H59N3S2. The highest BCUT2D eigenvalue weighted by molar-refractivity contribution is 7.26. The molecule has 0 atom stereocenters. The lowest BCUT2D eigenvalue weighted by Gasteiger charge is -2.09. The molecule has 9 aromatic rings. The van der Waals surface area contributed by atoms with Gasteiger partial charge in [0.25, 0.3) is 0 Å². The number of aromatic nitrogens is 2. The summed E-state index contributed by atoms with van der Waals surface area (Å²) in [6.07, 6.45) is 1.68. The molecule has 0 amide bonds. The second kappa shape index (κ2) is 23.7. The predicted octanol–water partition coefficient (Wildman–Crippen LogP) is 16.6. The normalized spacial score (nSPS) is 9.79. The molecular weight excluding hydrogens is 719 g/mol. The van der Waals surface area contributed by atoms with E-state index >= 15 is 0 Å². The van der Waals surface area contributed by atoms with Gasteiger partial charge in [0.05, 0.1) is 11.4 Å². The average molecular weight is 778 g/mol. The Morgan fingerprint density at radius 3 is 1.11 bits per heavy atom. The Bertz CT molecular complexity index is 2350. The van der Waals surface area contributed by atoms with E-state index in [0.717, 1.165) is 22.5 Å². The lowest BCUT2D eigenvalue weighted by Crippen LogP contribution is -1.90. The number of fused-ring (bicyclic) bond motifs is 6. The Kier molecular flexibility index (Phi) is 19.1. The van der Waals surface area contributed by atoms with Crippen molar-refractivity contribution in [2.24, 2.45) is 5.73 Å². The molecule has 0 aliphatic rings. The van der Waals surface area contributed by atoms with E-state index in [0.29, 0.717) is 0 Å². The lowest BCUT2D eigenvalue weighted by atomic mass is 9.98. The van der Waals surface area contributed by atoms with Crippen LogP contribution in [0.1, 0.15) is 69.2 Å². The Morgan fingerprint density at radius 2 is 0.696 bits per heavy atom. The first-order valence-corrected chi connectivity index (χ1v) is 21.9. The minimum absolute atomic E-state index is 0.914. The van der Waals surface area contributed by atoms with Crippen molar-refractivity contribution < 1.29 is 0 Å². The van der Waals surface area contributed by atoms with E-state index in [-0.39, 0.29) is 0 Å². The number of thiophene rings is 2. The lowest BCUT2D eigenvalue weighted by molar-refractivity contribution is 1.18. The molecule has 3 nitrogen and oxygen atoms in total. The van der Waals surface area contributed by atoms with Gasteiger partial charge >= 0.3 is 0 Å². The van der Waals surface area contributed by atoms with Crippen LogP contribution in [0.3, 0.4) is 0 Å². The van der Waals surface area contributed by atoms with E-state index in [1.807, 2.05) is 91.9 Å². The standard InChI is InChI=1S/C40H24N2S2.5C2H6.CH5N/c1-3-19-37-31(13-1)33-17-7-15-29(39(33)43-37)25-9-5-11-27(21-25)35-23-36(42-24-41-35)28-12-6-10-26(22-28)30-16-8-18-34-32-14-2-4-20-38(32)44-40(30)34;6*1-2/h1-24H;5*1-2H3;2H2,1H3. The molecule has 0 bridgehead atoms. The highest BCUT2D eigenvalue weighted by Gasteiger charge is 2.14. The first-order chi connectivity index (χ1) is 27.8. The van der Waals surface area contributed by atoms with E-state index in [4.69, 9.17) is 9.97 Å². The summed E-state index contributed by atoms with van der Waals surface area (Å²) < 4.78 is 5.27. The van der Waals surface area contributed by atoms with Crippen LogP contribution in [0.15, 0.2) is 146 Å². The zero-order chi connectivity index (χ0) is 41.0. The number of hydrogen-bond donors (Lipinski definition) is 1. The van der Waals surface area contributed by atoms with E-state index in [1.165, 1.54) is 69.6 Å². The van der Waals surface area contributed by atoms with Gasteiger partial charge in [-0.05, 0) is 59.6 Å². The molecule has 6 aromatic carbocycles. The third kappa shape index (κ3) is 9.78. The molecule has 0 saturated heterocycles. The van der Waals surface area contributed by atoms with Gasteiger partial charge in [0.15, 0.2) is 0 Å². The molecule has 0 aliphatic heterocycles. The fourth-order valence-electron chi connectivity index (χ4n) is 6.31. The van der Waals surface area contributed by atoms with Crippen molar-refractivity contribution in [1.82, 2.24) is 9.97 Å². The SMILES string of the molecule is CC.CC.CC.CC.CC.CN.c1cc(-c2cc(-c3cccc(-c4cccc5c4sc4ccccc45)c3)ncn2)cc(-c2cccc3c2sc2ccccc23)c1. The number of rotatable bonds is 4. The molecule has 0 fully saturated rings. The Labute approximate surface area is 343 Å². The first-order valence-electron chi connectivity index (χ1n) is 20.2. The summed E-state index contributed by atoms with van der Waals surface area (Å²) >= 11 is 3.72. The third-order valence-electron chi connectivity index (χ3n) is 8.41. The summed E-state index contributed by atoms with van der Waals surface area (Å²) in [6, 6.07) is 50.1. The van der Waals surface area contributed by atoms with E-state index in [1.54, 1.807) is 6.33 Å². The first kappa shape index (κ1) is 45.2. The van der Waals surface area contributed by atoms with Gasteiger partial charge in [0.2, 0.25) is 0 Å². The molecule has 0 aliphatic carbocycles. The van der Waals surface area contributed by atoms with Crippen LogP contribution in [0.2, 0.25) is 0 Å². The zero-order valence-electron chi connectivity index (χ0n) is 35.1. The van der Waals surface area contributed by atoms with Crippen molar-refractivity contribution in [2.45, 2.75) is 69.2 Å².